The summed E-state index contributed by atoms with van der Waals surface area (Å²) in [6, 6.07) is 0.744. The van der Waals surface area contributed by atoms with Gasteiger partial charge in [0.2, 0.25) is 0 Å². The van der Waals surface area contributed by atoms with Crippen molar-refractivity contribution in [2.75, 3.05) is 26.7 Å². The van der Waals surface area contributed by atoms with Crippen molar-refractivity contribution in [3.05, 3.63) is 0 Å². The first kappa shape index (κ1) is 19.0. The summed E-state index contributed by atoms with van der Waals surface area (Å²) in [5, 5.41) is 3.60. The SMILES string of the molecule is CNC1CCCCCC1CN(CCC(C)C)CCC(C)C. The van der Waals surface area contributed by atoms with E-state index in [-0.39, 0.29) is 0 Å². The van der Waals surface area contributed by atoms with E-state index in [0.717, 1.165) is 23.8 Å². The minimum atomic E-state index is 0.744. The maximum atomic E-state index is 3.60. The van der Waals surface area contributed by atoms with E-state index >= 15 is 0 Å². The van der Waals surface area contributed by atoms with Gasteiger partial charge in [0.05, 0.1) is 0 Å². The third-order valence-corrected chi connectivity index (χ3v) is 5.07. The molecule has 1 fully saturated rings. The second-order valence-corrected chi connectivity index (χ2v) is 7.96. The Labute approximate surface area is 134 Å². The van der Waals surface area contributed by atoms with Crippen molar-refractivity contribution in [3.63, 3.8) is 0 Å². The van der Waals surface area contributed by atoms with Gasteiger partial charge < -0.3 is 10.2 Å². The number of rotatable bonds is 9. The first-order valence-corrected chi connectivity index (χ1v) is 9.42. The molecule has 0 aliphatic heterocycles. The molecule has 0 bridgehead atoms. The van der Waals surface area contributed by atoms with Crippen LogP contribution < -0.4 is 5.32 Å². The van der Waals surface area contributed by atoms with Gasteiger partial charge in [0, 0.05) is 12.6 Å². The molecule has 0 aromatic carbocycles. The first-order valence-electron chi connectivity index (χ1n) is 9.42. The Hall–Kier alpha value is -0.0800. The molecule has 0 aromatic heterocycles. The number of nitrogens with one attached hydrogen (secondary N) is 1. The molecule has 1 aliphatic carbocycles. The van der Waals surface area contributed by atoms with Gasteiger partial charge in [-0.1, -0.05) is 47.0 Å². The predicted octanol–water partition coefficient (Wildman–Crippen LogP) is 4.55. The second kappa shape index (κ2) is 10.6. The monoisotopic (exact) mass is 296 g/mol. The molecular weight excluding hydrogens is 256 g/mol. The van der Waals surface area contributed by atoms with Crippen molar-refractivity contribution < 1.29 is 0 Å². The van der Waals surface area contributed by atoms with Crippen LogP contribution in [-0.2, 0) is 0 Å². The van der Waals surface area contributed by atoms with Gasteiger partial charge in [0.25, 0.3) is 0 Å². The van der Waals surface area contributed by atoms with Crippen molar-refractivity contribution in [1.29, 1.82) is 0 Å². The Morgan fingerprint density at radius 3 is 2.00 bits per heavy atom. The highest BCUT2D eigenvalue weighted by Gasteiger charge is 2.24. The quantitative estimate of drug-likeness (QED) is 0.628. The summed E-state index contributed by atoms with van der Waals surface area (Å²) in [6.07, 6.45) is 9.77. The highest BCUT2D eigenvalue weighted by Crippen LogP contribution is 2.25. The van der Waals surface area contributed by atoms with Crippen LogP contribution in [0.2, 0.25) is 0 Å². The van der Waals surface area contributed by atoms with Crippen molar-refractivity contribution in [1.82, 2.24) is 10.2 Å². The highest BCUT2D eigenvalue weighted by molar-refractivity contribution is 4.81. The fraction of sp³-hybridized carbons (Fsp3) is 1.00. The maximum absolute atomic E-state index is 3.60. The van der Waals surface area contributed by atoms with E-state index in [1.807, 2.05) is 0 Å². The number of hydrogen-bond donors (Lipinski definition) is 1. The van der Waals surface area contributed by atoms with E-state index in [2.05, 4.69) is 45.0 Å². The predicted molar refractivity (Wildman–Crippen MR) is 94.8 cm³/mol. The van der Waals surface area contributed by atoms with E-state index in [4.69, 9.17) is 0 Å². The van der Waals surface area contributed by atoms with Crippen LogP contribution in [0.15, 0.2) is 0 Å². The molecule has 2 nitrogen and oxygen atoms in total. The van der Waals surface area contributed by atoms with Crippen molar-refractivity contribution in [2.45, 2.75) is 78.7 Å². The second-order valence-electron chi connectivity index (χ2n) is 7.96. The fourth-order valence-electron chi connectivity index (χ4n) is 3.49. The molecule has 2 heteroatoms. The zero-order chi connectivity index (χ0) is 15.7. The van der Waals surface area contributed by atoms with Crippen LogP contribution in [0, 0.1) is 17.8 Å². The van der Waals surface area contributed by atoms with Crippen molar-refractivity contribution in [3.8, 4) is 0 Å². The van der Waals surface area contributed by atoms with Crippen LogP contribution in [0.1, 0.15) is 72.6 Å². The smallest absolute Gasteiger partial charge is 0.0104 e. The fourth-order valence-corrected chi connectivity index (χ4v) is 3.49. The maximum Gasteiger partial charge on any atom is 0.0104 e. The summed E-state index contributed by atoms with van der Waals surface area (Å²) in [7, 11) is 2.16. The Morgan fingerprint density at radius 1 is 0.905 bits per heavy atom. The standard InChI is InChI=1S/C19H40N2/c1-16(2)11-13-21(14-12-17(3)4)15-18-9-7-6-8-10-19(18)20-5/h16-20H,6-15H2,1-5H3. The Balaban J connectivity index is 2.54. The van der Waals surface area contributed by atoms with Crippen molar-refractivity contribution in [2.24, 2.45) is 17.8 Å². The Bertz CT molecular complexity index is 238. The summed E-state index contributed by atoms with van der Waals surface area (Å²) in [5.74, 6) is 2.50. The van der Waals surface area contributed by atoms with E-state index in [1.54, 1.807) is 0 Å². The molecule has 1 rings (SSSR count). The van der Waals surface area contributed by atoms with E-state index in [0.29, 0.717) is 0 Å². The van der Waals surface area contributed by atoms with Gasteiger partial charge in [-0.15, -0.1) is 0 Å². The summed E-state index contributed by atoms with van der Waals surface area (Å²) in [6.45, 7) is 13.3. The molecule has 0 radical (unpaired) electrons. The molecule has 126 valence electrons. The normalized spacial score (nSPS) is 24.0. The molecule has 1 N–H and O–H groups in total. The largest absolute Gasteiger partial charge is 0.317 e. The summed E-state index contributed by atoms with van der Waals surface area (Å²) < 4.78 is 0. The van der Waals surface area contributed by atoms with Gasteiger partial charge in [0.1, 0.15) is 0 Å². The van der Waals surface area contributed by atoms with Gasteiger partial charge in [-0.05, 0) is 63.6 Å². The lowest BCUT2D eigenvalue weighted by molar-refractivity contribution is 0.181. The van der Waals surface area contributed by atoms with E-state index in [9.17, 15) is 0 Å². The van der Waals surface area contributed by atoms with E-state index < -0.39 is 0 Å². The third kappa shape index (κ3) is 8.21. The summed E-state index contributed by atoms with van der Waals surface area (Å²) >= 11 is 0. The Morgan fingerprint density at radius 2 is 1.48 bits per heavy atom. The lowest BCUT2D eigenvalue weighted by atomic mass is 9.93. The minimum absolute atomic E-state index is 0.744. The van der Waals surface area contributed by atoms with Gasteiger partial charge in [-0.25, -0.2) is 0 Å². The highest BCUT2D eigenvalue weighted by atomic mass is 15.1. The van der Waals surface area contributed by atoms with Gasteiger partial charge in [-0.2, -0.15) is 0 Å². The van der Waals surface area contributed by atoms with Crippen LogP contribution in [-0.4, -0.2) is 37.6 Å². The molecular formula is C19H40N2. The van der Waals surface area contributed by atoms with Crippen molar-refractivity contribution >= 4 is 0 Å². The number of hydrogen-bond acceptors (Lipinski definition) is 2. The molecule has 0 saturated heterocycles. The molecule has 0 heterocycles. The van der Waals surface area contributed by atoms with Crippen LogP contribution in [0.5, 0.6) is 0 Å². The average Bonchev–Trinajstić information content (AvgIpc) is 2.66. The molecule has 1 saturated carbocycles. The summed E-state index contributed by atoms with van der Waals surface area (Å²) in [5.41, 5.74) is 0. The first-order chi connectivity index (χ1) is 10.0. The lowest BCUT2D eigenvalue weighted by Crippen LogP contribution is -2.41. The van der Waals surface area contributed by atoms with Crippen LogP contribution in [0.25, 0.3) is 0 Å². The van der Waals surface area contributed by atoms with Crippen LogP contribution >= 0.6 is 0 Å². The molecule has 1 aliphatic rings. The zero-order valence-electron chi connectivity index (χ0n) is 15.3. The number of nitrogens with zero attached hydrogens (tertiary/aromatic N) is 1. The van der Waals surface area contributed by atoms with E-state index in [1.165, 1.54) is 64.6 Å². The topological polar surface area (TPSA) is 15.3 Å². The lowest BCUT2D eigenvalue weighted by Gasteiger charge is -2.32. The molecule has 21 heavy (non-hydrogen) atoms. The minimum Gasteiger partial charge on any atom is -0.317 e. The molecule has 2 atom stereocenters. The van der Waals surface area contributed by atoms with Gasteiger partial charge in [0.15, 0.2) is 0 Å². The van der Waals surface area contributed by atoms with Gasteiger partial charge in [-0.3, -0.25) is 0 Å². The van der Waals surface area contributed by atoms with Gasteiger partial charge >= 0.3 is 0 Å². The molecule has 0 spiro atoms. The third-order valence-electron chi connectivity index (χ3n) is 5.07. The molecule has 0 amide bonds. The zero-order valence-corrected chi connectivity index (χ0v) is 15.3. The summed E-state index contributed by atoms with van der Waals surface area (Å²) in [4.78, 5) is 2.76. The average molecular weight is 297 g/mol. The van der Waals surface area contributed by atoms with Crippen LogP contribution in [0.3, 0.4) is 0 Å². The molecule has 0 aromatic rings. The Kier molecular flexibility index (Phi) is 9.59. The molecule has 2 unspecified atom stereocenters. The van der Waals surface area contributed by atoms with Crippen LogP contribution in [0.4, 0.5) is 0 Å².